The summed E-state index contributed by atoms with van der Waals surface area (Å²) in [6.45, 7) is 0. The molecule has 3 nitrogen and oxygen atoms in total. The van der Waals surface area contributed by atoms with Crippen LogP contribution in [0.3, 0.4) is 0 Å². The molecule has 0 saturated heterocycles. The third kappa shape index (κ3) is 1.58. The minimum absolute atomic E-state index is 0.0702. The first-order chi connectivity index (χ1) is 10.1. The molecule has 0 heterocycles. The third-order valence-electron chi connectivity index (χ3n) is 6.51. The fourth-order valence-corrected chi connectivity index (χ4v) is 6.94. The summed E-state index contributed by atoms with van der Waals surface area (Å²) in [6.07, 6.45) is -0.350. The van der Waals surface area contributed by atoms with Crippen molar-refractivity contribution in [3.05, 3.63) is 12.2 Å². The van der Waals surface area contributed by atoms with E-state index in [0.717, 1.165) is 6.42 Å². The smallest absolute Gasteiger partial charge is 0.283 e. The average Bonchev–Trinajstić information content (AvgIpc) is 3.12. The van der Waals surface area contributed by atoms with Crippen LogP contribution in [-0.4, -0.2) is 24.1 Å². The summed E-state index contributed by atoms with van der Waals surface area (Å²) >= 11 is 0. The lowest BCUT2D eigenvalue weighted by Gasteiger charge is -2.41. The Bertz CT molecular complexity index is 643. The Kier molecular flexibility index (Phi) is 2.76. The van der Waals surface area contributed by atoms with Gasteiger partial charge in [0, 0.05) is 5.92 Å². The van der Waals surface area contributed by atoms with Crippen molar-refractivity contribution in [3.8, 4) is 0 Å². The van der Waals surface area contributed by atoms with Gasteiger partial charge in [0.05, 0.1) is 0 Å². The number of halogens is 4. The fourth-order valence-electron chi connectivity index (χ4n) is 5.99. The van der Waals surface area contributed by atoms with Gasteiger partial charge in [-0.1, -0.05) is 12.2 Å². The molecule has 8 heteroatoms. The van der Waals surface area contributed by atoms with Crippen molar-refractivity contribution >= 4 is 10.1 Å². The molecule has 4 bridgehead atoms. The van der Waals surface area contributed by atoms with Crippen LogP contribution >= 0.6 is 0 Å². The minimum atomic E-state index is -5.88. The van der Waals surface area contributed by atoms with E-state index < -0.39 is 33.1 Å². The van der Waals surface area contributed by atoms with Crippen LogP contribution in [0.1, 0.15) is 19.3 Å². The summed E-state index contributed by atoms with van der Waals surface area (Å²) in [5, 5.41) is -4.55. The van der Waals surface area contributed by atoms with Gasteiger partial charge in [-0.15, -0.1) is 0 Å². The first-order valence-corrected chi connectivity index (χ1v) is 8.90. The standard InChI is InChI=1S/C14H16F4O3S/c15-13(14(16,17)18,22(19,20)21)10-5-8-4-9(10)12-7-2-1-6(3-7)11(8)12/h1-2,6-12H,3-5H2,(H,19,20,21). The largest absolute Gasteiger partial charge is 0.440 e. The van der Waals surface area contributed by atoms with E-state index in [-0.39, 0.29) is 30.1 Å². The van der Waals surface area contributed by atoms with Crippen molar-refractivity contribution in [1.29, 1.82) is 0 Å². The summed E-state index contributed by atoms with van der Waals surface area (Å²) in [7, 11) is -5.88. The van der Waals surface area contributed by atoms with E-state index >= 15 is 0 Å². The SMILES string of the molecule is O=S(=O)(O)C(F)(C1CC2CC1C1C3C=CC(C3)C21)C(F)(F)F. The van der Waals surface area contributed by atoms with Crippen molar-refractivity contribution in [2.75, 3.05) is 0 Å². The molecule has 8 unspecified atom stereocenters. The molecule has 0 aromatic carbocycles. The second kappa shape index (κ2) is 4.06. The molecule has 4 aliphatic rings. The van der Waals surface area contributed by atoms with Gasteiger partial charge in [-0.05, 0) is 54.8 Å². The van der Waals surface area contributed by atoms with Crippen LogP contribution in [0.25, 0.3) is 0 Å². The second-order valence-electron chi connectivity index (χ2n) is 7.22. The lowest BCUT2D eigenvalue weighted by Crippen LogP contribution is -2.56. The summed E-state index contributed by atoms with van der Waals surface area (Å²) in [4.78, 5) is 0. The number of hydrogen-bond donors (Lipinski definition) is 1. The Morgan fingerprint density at radius 2 is 1.55 bits per heavy atom. The molecule has 0 aromatic heterocycles. The maximum atomic E-state index is 14.7. The van der Waals surface area contributed by atoms with Crippen LogP contribution in [0.15, 0.2) is 12.2 Å². The molecule has 3 fully saturated rings. The number of alkyl halides is 4. The highest BCUT2D eigenvalue weighted by atomic mass is 32.2. The van der Waals surface area contributed by atoms with Gasteiger partial charge in [-0.25, -0.2) is 4.39 Å². The number of rotatable bonds is 2. The molecule has 124 valence electrons. The lowest BCUT2D eigenvalue weighted by atomic mass is 9.68. The molecule has 0 aliphatic heterocycles. The van der Waals surface area contributed by atoms with Gasteiger partial charge in [0.2, 0.25) is 0 Å². The Hall–Kier alpha value is -0.630. The van der Waals surface area contributed by atoms with E-state index in [1.807, 2.05) is 6.08 Å². The summed E-state index contributed by atoms with van der Waals surface area (Å²) in [5.74, 6) is -1.72. The molecule has 3 saturated carbocycles. The van der Waals surface area contributed by atoms with Gasteiger partial charge in [-0.2, -0.15) is 21.6 Å². The summed E-state index contributed by atoms with van der Waals surface area (Å²) in [5.41, 5.74) is 0. The van der Waals surface area contributed by atoms with Crippen LogP contribution in [-0.2, 0) is 10.1 Å². The van der Waals surface area contributed by atoms with Gasteiger partial charge >= 0.3 is 21.3 Å². The van der Waals surface area contributed by atoms with E-state index in [2.05, 4.69) is 6.08 Å². The van der Waals surface area contributed by atoms with Crippen molar-refractivity contribution in [1.82, 2.24) is 0 Å². The zero-order valence-electron chi connectivity index (χ0n) is 11.5. The van der Waals surface area contributed by atoms with Gasteiger partial charge in [0.15, 0.2) is 0 Å². The molecule has 0 aromatic rings. The lowest BCUT2D eigenvalue weighted by molar-refractivity contribution is -0.223. The molecule has 0 spiro atoms. The normalized spacial score (nSPS) is 48.7. The van der Waals surface area contributed by atoms with Gasteiger partial charge < -0.3 is 0 Å². The molecular formula is C14H16F4O3S. The fraction of sp³-hybridized carbons (Fsp3) is 0.857. The third-order valence-corrected chi connectivity index (χ3v) is 7.79. The number of fused-ring (bicyclic) bond motifs is 9. The molecule has 0 amide bonds. The second-order valence-corrected chi connectivity index (χ2v) is 8.77. The highest BCUT2D eigenvalue weighted by Gasteiger charge is 2.75. The predicted octanol–water partition coefficient (Wildman–Crippen LogP) is 3.20. The zero-order chi connectivity index (χ0) is 16.1. The van der Waals surface area contributed by atoms with Gasteiger partial charge in [0.1, 0.15) is 0 Å². The molecule has 22 heavy (non-hydrogen) atoms. The Balaban J connectivity index is 1.74. The molecule has 0 radical (unpaired) electrons. The minimum Gasteiger partial charge on any atom is -0.283 e. The van der Waals surface area contributed by atoms with Crippen LogP contribution in [0.2, 0.25) is 0 Å². The molecule has 4 aliphatic carbocycles. The van der Waals surface area contributed by atoms with E-state index in [9.17, 15) is 26.0 Å². The maximum Gasteiger partial charge on any atom is 0.440 e. The molecule has 8 atom stereocenters. The molecule has 1 N–H and O–H groups in total. The summed E-state index contributed by atoms with van der Waals surface area (Å²) in [6, 6.07) is 0. The van der Waals surface area contributed by atoms with E-state index in [0.29, 0.717) is 12.3 Å². The van der Waals surface area contributed by atoms with Crippen LogP contribution in [0, 0.1) is 41.4 Å². The van der Waals surface area contributed by atoms with Crippen LogP contribution in [0.4, 0.5) is 17.6 Å². The maximum absolute atomic E-state index is 14.7. The summed E-state index contributed by atoms with van der Waals surface area (Å²) < 4.78 is 85.7. The van der Waals surface area contributed by atoms with Crippen LogP contribution < -0.4 is 0 Å². The Morgan fingerprint density at radius 3 is 2.09 bits per heavy atom. The molecule has 4 rings (SSSR count). The van der Waals surface area contributed by atoms with Crippen molar-refractivity contribution < 1.29 is 30.5 Å². The van der Waals surface area contributed by atoms with Crippen molar-refractivity contribution in [2.24, 2.45) is 41.4 Å². The van der Waals surface area contributed by atoms with E-state index in [1.54, 1.807) is 0 Å². The van der Waals surface area contributed by atoms with Gasteiger partial charge in [0.25, 0.3) is 0 Å². The zero-order valence-corrected chi connectivity index (χ0v) is 12.3. The van der Waals surface area contributed by atoms with Crippen molar-refractivity contribution in [2.45, 2.75) is 30.4 Å². The van der Waals surface area contributed by atoms with Gasteiger partial charge in [-0.3, -0.25) is 4.55 Å². The number of hydrogen-bond acceptors (Lipinski definition) is 2. The first kappa shape index (κ1) is 14.9. The van der Waals surface area contributed by atoms with Crippen molar-refractivity contribution in [3.63, 3.8) is 0 Å². The quantitative estimate of drug-likeness (QED) is 0.363. The topological polar surface area (TPSA) is 54.4 Å². The Labute approximate surface area is 125 Å². The monoisotopic (exact) mass is 340 g/mol. The van der Waals surface area contributed by atoms with E-state index in [1.165, 1.54) is 0 Å². The van der Waals surface area contributed by atoms with Crippen LogP contribution in [0.5, 0.6) is 0 Å². The molecular weight excluding hydrogens is 324 g/mol. The highest BCUT2D eigenvalue weighted by molar-refractivity contribution is 7.87. The predicted molar refractivity (Wildman–Crippen MR) is 68.9 cm³/mol. The van der Waals surface area contributed by atoms with E-state index in [4.69, 9.17) is 4.55 Å². The Morgan fingerprint density at radius 1 is 0.955 bits per heavy atom. The average molecular weight is 340 g/mol. The first-order valence-electron chi connectivity index (χ1n) is 7.46. The highest BCUT2D eigenvalue weighted by Crippen LogP contribution is 2.70. The number of allylic oxidation sites excluding steroid dienone is 2.